The van der Waals surface area contributed by atoms with Crippen LogP contribution in [0.15, 0.2) is 23.1 Å². The Kier molecular flexibility index (Phi) is 6.42. The molecular formula is C16H21ClN2O5S. The summed E-state index contributed by atoms with van der Waals surface area (Å²) in [7, 11) is -4.07. The van der Waals surface area contributed by atoms with Gasteiger partial charge in [0.2, 0.25) is 10.0 Å². The maximum Gasteiger partial charge on any atom is 0.338 e. The van der Waals surface area contributed by atoms with E-state index in [1.54, 1.807) is 0 Å². The van der Waals surface area contributed by atoms with E-state index in [4.69, 9.17) is 21.5 Å². The minimum absolute atomic E-state index is 0.0488. The van der Waals surface area contributed by atoms with E-state index in [1.807, 2.05) is 0 Å². The average molecular weight is 389 g/mol. The SMILES string of the molecule is C[C@@H]1CCCC[C@H]1NC(=O)COC(=O)c1ccc(Cl)c(S(N)(=O)=O)c1. The van der Waals surface area contributed by atoms with E-state index < -0.39 is 22.6 Å². The molecule has 25 heavy (non-hydrogen) atoms. The lowest BCUT2D eigenvalue weighted by Gasteiger charge is -2.29. The van der Waals surface area contributed by atoms with Crippen molar-refractivity contribution < 1.29 is 22.7 Å². The number of amides is 1. The monoisotopic (exact) mass is 388 g/mol. The van der Waals surface area contributed by atoms with Crippen molar-refractivity contribution >= 4 is 33.5 Å². The zero-order chi connectivity index (χ0) is 18.6. The second-order valence-electron chi connectivity index (χ2n) is 6.20. The van der Waals surface area contributed by atoms with Gasteiger partial charge in [0.15, 0.2) is 6.61 Å². The van der Waals surface area contributed by atoms with Crippen LogP contribution in [0.2, 0.25) is 5.02 Å². The summed E-state index contributed by atoms with van der Waals surface area (Å²) in [5.41, 5.74) is -0.0488. The molecule has 9 heteroatoms. The molecule has 7 nitrogen and oxygen atoms in total. The molecule has 0 unspecified atom stereocenters. The first-order valence-corrected chi connectivity index (χ1v) is 9.89. The number of carbonyl (C=O) groups excluding carboxylic acids is 2. The summed E-state index contributed by atoms with van der Waals surface area (Å²) in [6.07, 6.45) is 4.20. The van der Waals surface area contributed by atoms with Gasteiger partial charge in [-0.2, -0.15) is 0 Å². The molecule has 1 amide bonds. The highest BCUT2D eigenvalue weighted by atomic mass is 35.5. The lowest BCUT2D eigenvalue weighted by molar-refractivity contribution is -0.125. The summed E-state index contributed by atoms with van der Waals surface area (Å²) < 4.78 is 27.8. The van der Waals surface area contributed by atoms with Crippen molar-refractivity contribution in [1.29, 1.82) is 0 Å². The summed E-state index contributed by atoms with van der Waals surface area (Å²) in [6.45, 7) is 1.65. The smallest absolute Gasteiger partial charge is 0.338 e. The lowest BCUT2D eigenvalue weighted by atomic mass is 9.86. The van der Waals surface area contributed by atoms with Gasteiger partial charge in [0.05, 0.1) is 10.6 Å². The number of nitrogens with one attached hydrogen (secondary N) is 1. The van der Waals surface area contributed by atoms with Crippen LogP contribution in [0, 0.1) is 5.92 Å². The lowest BCUT2D eigenvalue weighted by Crippen LogP contribution is -2.42. The molecule has 0 radical (unpaired) electrons. The quantitative estimate of drug-likeness (QED) is 0.746. The Labute approximate surface area is 151 Å². The minimum atomic E-state index is -4.07. The number of esters is 1. The summed E-state index contributed by atoms with van der Waals surface area (Å²) in [6, 6.07) is 3.66. The Morgan fingerprint density at radius 1 is 1.32 bits per heavy atom. The molecule has 0 spiro atoms. The van der Waals surface area contributed by atoms with Crippen LogP contribution < -0.4 is 10.5 Å². The van der Waals surface area contributed by atoms with Crippen molar-refractivity contribution in [3.05, 3.63) is 28.8 Å². The van der Waals surface area contributed by atoms with E-state index in [2.05, 4.69) is 12.2 Å². The summed E-state index contributed by atoms with van der Waals surface area (Å²) in [4.78, 5) is 23.6. The molecule has 1 aliphatic rings. The van der Waals surface area contributed by atoms with E-state index in [0.29, 0.717) is 5.92 Å². The van der Waals surface area contributed by atoms with Crippen LogP contribution in [0.1, 0.15) is 43.0 Å². The summed E-state index contributed by atoms with van der Waals surface area (Å²) >= 11 is 5.76. The molecule has 0 bridgehead atoms. The van der Waals surface area contributed by atoms with Crippen molar-refractivity contribution in [3.63, 3.8) is 0 Å². The van der Waals surface area contributed by atoms with E-state index in [0.717, 1.165) is 31.7 Å². The second kappa shape index (κ2) is 8.16. The molecule has 2 rings (SSSR count). The van der Waals surface area contributed by atoms with Crippen molar-refractivity contribution in [3.8, 4) is 0 Å². The van der Waals surface area contributed by atoms with Gasteiger partial charge in [-0.25, -0.2) is 18.4 Å². The molecule has 0 heterocycles. The highest BCUT2D eigenvalue weighted by Gasteiger charge is 2.23. The van der Waals surface area contributed by atoms with Crippen LogP contribution in [0.4, 0.5) is 0 Å². The molecule has 0 saturated heterocycles. The molecule has 138 valence electrons. The number of sulfonamides is 1. The number of hydrogen-bond acceptors (Lipinski definition) is 5. The normalized spacial score (nSPS) is 20.8. The highest BCUT2D eigenvalue weighted by molar-refractivity contribution is 7.89. The zero-order valence-corrected chi connectivity index (χ0v) is 15.4. The fourth-order valence-electron chi connectivity index (χ4n) is 2.84. The minimum Gasteiger partial charge on any atom is -0.452 e. The van der Waals surface area contributed by atoms with Gasteiger partial charge in [-0.1, -0.05) is 31.4 Å². The molecule has 2 atom stereocenters. The van der Waals surface area contributed by atoms with Gasteiger partial charge >= 0.3 is 5.97 Å². The van der Waals surface area contributed by atoms with Crippen molar-refractivity contribution in [2.24, 2.45) is 11.1 Å². The fourth-order valence-corrected chi connectivity index (χ4v) is 3.91. The van der Waals surface area contributed by atoms with Crippen LogP contribution >= 0.6 is 11.6 Å². The standard InChI is InChI=1S/C16H21ClN2O5S/c1-10-4-2-3-5-13(10)19-15(20)9-24-16(21)11-6-7-12(17)14(8-11)25(18,22)23/h6-8,10,13H,2-5,9H2,1H3,(H,19,20)(H2,18,22,23)/t10-,13-/m1/s1. The van der Waals surface area contributed by atoms with Gasteiger partial charge in [-0.05, 0) is 37.0 Å². The van der Waals surface area contributed by atoms with Crippen molar-refractivity contribution in [1.82, 2.24) is 5.32 Å². The number of benzene rings is 1. The number of rotatable bonds is 5. The van der Waals surface area contributed by atoms with Gasteiger partial charge in [-0.3, -0.25) is 4.79 Å². The van der Waals surface area contributed by atoms with Crippen LogP contribution in [0.5, 0.6) is 0 Å². The summed E-state index contributed by atoms with van der Waals surface area (Å²) in [5.74, 6) is -0.817. The average Bonchev–Trinajstić information content (AvgIpc) is 2.54. The predicted molar refractivity (Wildman–Crippen MR) is 92.7 cm³/mol. The van der Waals surface area contributed by atoms with Gasteiger partial charge in [0.25, 0.3) is 5.91 Å². The summed E-state index contributed by atoms with van der Waals surface area (Å²) in [5, 5.41) is 7.81. The van der Waals surface area contributed by atoms with E-state index in [1.165, 1.54) is 12.1 Å². The number of halogens is 1. The van der Waals surface area contributed by atoms with Gasteiger partial charge < -0.3 is 10.1 Å². The van der Waals surface area contributed by atoms with E-state index in [9.17, 15) is 18.0 Å². The molecule has 1 saturated carbocycles. The van der Waals surface area contributed by atoms with Crippen molar-refractivity contribution in [2.45, 2.75) is 43.5 Å². The fraction of sp³-hybridized carbons (Fsp3) is 0.500. The molecule has 1 aromatic rings. The Hall–Kier alpha value is -1.64. The Bertz CT molecular complexity index is 766. The van der Waals surface area contributed by atoms with Crippen LogP contribution in [0.25, 0.3) is 0 Å². The Morgan fingerprint density at radius 2 is 2.00 bits per heavy atom. The molecule has 0 aromatic heterocycles. The zero-order valence-electron chi connectivity index (χ0n) is 13.8. The van der Waals surface area contributed by atoms with E-state index >= 15 is 0 Å². The first-order valence-electron chi connectivity index (χ1n) is 7.97. The third-order valence-electron chi connectivity index (χ3n) is 4.27. The largest absolute Gasteiger partial charge is 0.452 e. The first-order chi connectivity index (χ1) is 11.7. The first kappa shape index (κ1) is 19.7. The third-order valence-corrected chi connectivity index (χ3v) is 5.66. The molecule has 1 aliphatic carbocycles. The van der Waals surface area contributed by atoms with Gasteiger partial charge in [0, 0.05) is 6.04 Å². The number of hydrogen-bond donors (Lipinski definition) is 2. The Morgan fingerprint density at radius 3 is 2.64 bits per heavy atom. The van der Waals surface area contributed by atoms with E-state index in [-0.39, 0.29) is 27.4 Å². The maximum absolute atomic E-state index is 12.0. The highest BCUT2D eigenvalue weighted by Crippen LogP contribution is 2.24. The van der Waals surface area contributed by atoms with Gasteiger partial charge in [0.1, 0.15) is 4.90 Å². The number of primary sulfonamides is 1. The van der Waals surface area contributed by atoms with Crippen LogP contribution in [-0.2, 0) is 19.6 Å². The molecule has 1 aromatic carbocycles. The molecule has 1 fully saturated rings. The molecular weight excluding hydrogens is 368 g/mol. The predicted octanol–water partition coefficient (Wildman–Crippen LogP) is 1.84. The van der Waals surface area contributed by atoms with Gasteiger partial charge in [-0.15, -0.1) is 0 Å². The third kappa shape index (κ3) is 5.42. The Balaban J connectivity index is 1.95. The number of carbonyl (C=O) groups is 2. The van der Waals surface area contributed by atoms with Crippen LogP contribution in [0.3, 0.4) is 0 Å². The number of ether oxygens (including phenoxy) is 1. The molecule has 0 aliphatic heterocycles. The van der Waals surface area contributed by atoms with Crippen molar-refractivity contribution in [2.75, 3.05) is 6.61 Å². The number of nitrogens with two attached hydrogens (primary N) is 1. The maximum atomic E-state index is 12.0. The molecule has 3 N–H and O–H groups in total. The second-order valence-corrected chi connectivity index (χ2v) is 8.14. The topological polar surface area (TPSA) is 116 Å². The van der Waals surface area contributed by atoms with Crippen LogP contribution in [-0.4, -0.2) is 32.9 Å².